The molecule has 1 aromatic heterocycles. The van der Waals surface area contributed by atoms with Crippen LogP contribution in [0, 0.1) is 20.8 Å². The van der Waals surface area contributed by atoms with Crippen LogP contribution in [0.1, 0.15) is 46.7 Å². The van der Waals surface area contributed by atoms with Crippen molar-refractivity contribution in [3.63, 3.8) is 0 Å². The average molecular weight is 389 g/mol. The van der Waals surface area contributed by atoms with E-state index in [4.69, 9.17) is 0 Å². The van der Waals surface area contributed by atoms with Crippen molar-refractivity contribution in [1.82, 2.24) is 14.9 Å². The van der Waals surface area contributed by atoms with Gasteiger partial charge in [0.05, 0.1) is 0 Å². The molecule has 0 saturated heterocycles. The summed E-state index contributed by atoms with van der Waals surface area (Å²) in [6.45, 7) is 10.6. The quantitative estimate of drug-likeness (QED) is 0.631. The minimum atomic E-state index is -0.0990. The molecule has 1 N–H and O–H groups in total. The summed E-state index contributed by atoms with van der Waals surface area (Å²) in [7, 11) is 0. The van der Waals surface area contributed by atoms with Crippen molar-refractivity contribution in [2.24, 2.45) is 0 Å². The van der Waals surface area contributed by atoms with E-state index in [1.807, 2.05) is 75.1 Å². The monoisotopic (exact) mass is 388 g/mol. The van der Waals surface area contributed by atoms with Gasteiger partial charge < -0.3 is 10.2 Å². The molecule has 5 nitrogen and oxygen atoms in total. The van der Waals surface area contributed by atoms with E-state index in [0.29, 0.717) is 18.2 Å². The summed E-state index contributed by atoms with van der Waals surface area (Å²) in [5, 5.41) is 3.26. The van der Waals surface area contributed by atoms with Crippen LogP contribution < -0.4 is 5.32 Å². The van der Waals surface area contributed by atoms with E-state index in [9.17, 15) is 4.79 Å². The number of anilines is 2. The number of rotatable bonds is 6. The summed E-state index contributed by atoms with van der Waals surface area (Å²) < 4.78 is 0. The number of amides is 1. The van der Waals surface area contributed by atoms with Crippen molar-refractivity contribution in [1.29, 1.82) is 0 Å². The van der Waals surface area contributed by atoms with Crippen LogP contribution in [-0.4, -0.2) is 26.8 Å². The van der Waals surface area contributed by atoms with Gasteiger partial charge >= 0.3 is 0 Å². The number of nitrogens with one attached hydrogen (secondary N) is 1. The maximum Gasteiger partial charge on any atom is 0.273 e. The van der Waals surface area contributed by atoms with Gasteiger partial charge in [-0.05, 0) is 57.9 Å². The van der Waals surface area contributed by atoms with Crippen molar-refractivity contribution in [3.05, 3.63) is 82.7 Å². The summed E-state index contributed by atoms with van der Waals surface area (Å²) in [4.78, 5) is 24.1. The Morgan fingerprint density at radius 2 is 1.72 bits per heavy atom. The molecule has 0 radical (unpaired) electrons. The molecule has 3 aromatic rings. The molecule has 2 aromatic carbocycles. The number of carbonyl (C=O) groups excluding carboxylic acids is 1. The molecule has 3 rings (SSSR count). The third-order valence-corrected chi connectivity index (χ3v) is 4.78. The highest BCUT2D eigenvalue weighted by Crippen LogP contribution is 2.21. The molecular weight excluding hydrogens is 360 g/mol. The van der Waals surface area contributed by atoms with E-state index < -0.39 is 0 Å². The van der Waals surface area contributed by atoms with Gasteiger partial charge in [-0.3, -0.25) is 4.79 Å². The molecule has 0 saturated carbocycles. The van der Waals surface area contributed by atoms with E-state index in [-0.39, 0.29) is 11.9 Å². The molecule has 0 aliphatic heterocycles. The zero-order chi connectivity index (χ0) is 21.0. The van der Waals surface area contributed by atoms with Crippen molar-refractivity contribution in [3.8, 4) is 0 Å². The summed E-state index contributed by atoms with van der Waals surface area (Å²) in [6, 6.07) is 17.9. The van der Waals surface area contributed by atoms with Gasteiger partial charge in [-0.1, -0.05) is 48.0 Å². The molecule has 0 fully saturated rings. The van der Waals surface area contributed by atoms with Crippen LogP contribution in [0.5, 0.6) is 0 Å². The minimum absolute atomic E-state index is 0.0497. The number of aromatic nitrogens is 2. The Bertz CT molecular complexity index is 999. The number of nitrogens with zero attached hydrogens (tertiary/aromatic N) is 3. The maximum absolute atomic E-state index is 13.3. The van der Waals surface area contributed by atoms with Crippen LogP contribution in [0.15, 0.2) is 54.6 Å². The van der Waals surface area contributed by atoms with Gasteiger partial charge in [-0.25, -0.2) is 9.97 Å². The number of benzene rings is 2. The zero-order valence-electron chi connectivity index (χ0n) is 17.7. The van der Waals surface area contributed by atoms with Crippen LogP contribution >= 0.6 is 0 Å². The first kappa shape index (κ1) is 20.5. The Labute approximate surface area is 172 Å². The second-order valence-electron chi connectivity index (χ2n) is 7.67. The van der Waals surface area contributed by atoms with E-state index >= 15 is 0 Å². The molecule has 5 heteroatoms. The van der Waals surface area contributed by atoms with Gasteiger partial charge in [0.1, 0.15) is 5.69 Å². The van der Waals surface area contributed by atoms with Crippen molar-refractivity contribution < 1.29 is 4.79 Å². The third kappa shape index (κ3) is 5.19. The average Bonchev–Trinajstić information content (AvgIpc) is 2.68. The van der Waals surface area contributed by atoms with Crippen LogP contribution in [-0.2, 0) is 6.54 Å². The second-order valence-corrected chi connectivity index (χ2v) is 7.67. The topological polar surface area (TPSA) is 58.1 Å². The smallest absolute Gasteiger partial charge is 0.273 e. The van der Waals surface area contributed by atoms with Gasteiger partial charge in [-0.2, -0.15) is 0 Å². The fourth-order valence-electron chi connectivity index (χ4n) is 3.22. The molecule has 0 aliphatic carbocycles. The molecular formula is C24H28N4O. The molecule has 29 heavy (non-hydrogen) atoms. The lowest BCUT2D eigenvalue weighted by Crippen LogP contribution is -2.37. The highest BCUT2D eigenvalue weighted by Gasteiger charge is 2.21. The number of aryl methyl sites for hydroxylation is 3. The van der Waals surface area contributed by atoms with Crippen molar-refractivity contribution in [2.45, 2.75) is 47.2 Å². The first-order valence-electron chi connectivity index (χ1n) is 9.88. The lowest BCUT2D eigenvalue weighted by Gasteiger charge is -2.27. The summed E-state index contributed by atoms with van der Waals surface area (Å²) in [6.07, 6.45) is 0. The fourth-order valence-corrected chi connectivity index (χ4v) is 3.22. The normalized spacial score (nSPS) is 10.8. The predicted molar refractivity (Wildman–Crippen MR) is 117 cm³/mol. The zero-order valence-corrected chi connectivity index (χ0v) is 17.7. The second kappa shape index (κ2) is 8.86. The SMILES string of the molecule is Cc1ccc(Nc2nc(C)cc(C(=O)N(Cc3ccccc3)C(C)C)n2)c(C)c1. The summed E-state index contributed by atoms with van der Waals surface area (Å²) >= 11 is 0. The van der Waals surface area contributed by atoms with Crippen LogP contribution in [0.25, 0.3) is 0 Å². The van der Waals surface area contributed by atoms with Crippen molar-refractivity contribution in [2.75, 3.05) is 5.32 Å². The van der Waals surface area contributed by atoms with Gasteiger partial charge in [0, 0.05) is 24.0 Å². The molecule has 0 atom stereocenters. The Kier molecular flexibility index (Phi) is 6.27. The Balaban J connectivity index is 1.87. The fraction of sp³-hybridized carbons (Fsp3) is 0.292. The Morgan fingerprint density at radius 1 is 1.00 bits per heavy atom. The van der Waals surface area contributed by atoms with Gasteiger partial charge in [0.15, 0.2) is 0 Å². The van der Waals surface area contributed by atoms with Crippen molar-refractivity contribution >= 4 is 17.5 Å². The number of hydrogen-bond donors (Lipinski definition) is 1. The molecule has 0 unspecified atom stereocenters. The van der Waals surface area contributed by atoms with Gasteiger partial charge in [0.25, 0.3) is 5.91 Å². The lowest BCUT2D eigenvalue weighted by molar-refractivity contribution is 0.0684. The molecule has 0 spiro atoms. The lowest BCUT2D eigenvalue weighted by atomic mass is 10.1. The first-order valence-corrected chi connectivity index (χ1v) is 9.88. The molecule has 0 bridgehead atoms. The largest absolute Gasteiger partial charge is 0.331 e. The number of hydrogen-bond acceptors (Lipinski definition) is 4. The third-order valence-electron chi connectivity index (χ3n) is 4.78. The molecule has 1 amide bonds. The van der Waals surface area contributed by atoms with Crippen LogP contribution in [0.4, 0.5) is 11.6 Å². The highest BCUT2D eigenvalue weighted by molar-refractivity contribution is 5.93. The first-order chi connectivity index (χ1) is 13.8. The van der Waals surface area contributed by atoms with E-state index in [1.165, 1.54) is 5.56 Å². The Morgan fingerprint density at radius 3 is 2.38 bits per heavy atom. The van der Waals surface area contributed by atoms with E-state index in [0.717, 1.165) is 22.5 Å². The number of carbonyl (C=O) groups is 1. The van der Waals surface area contributed by atoms with E-state index in [2.05, 4.69) is 28.3 Å². The highest BCUT2D eigenvalue weighted by atomic mass is 16.2. The predicted octanol–water partition coefficient (Wildman–Crippen LogP) is 5.20. The van der Waals surface area contributed by atoms with Crippen LogP contribution in [0.2, 0.25) is 0 Å². The maximum atomic E-state index is 13.3. The molecule has 150 valence electrons. The Hall–Kier alpha value is -3.21. The standard InChI is InChI=1S/C24H28N4O/c1-16(2)28(15-20-9-7-6-8-10-20)23(29)22-14-19(5)25-24(27-22)26-21-12-11-17(3)13-18(21)4/h6-14,16H,15H2,1-5H3,(H,25,26,27). The molecule has 1 heterocycles. The van der Waals surface area contributed by atoms with Gasteiger partial charge in [0.2, 0.25) is 5.95 Å². The van der Waals surface area contributed by atoms with Gasteiger partial charge in [-0.15, -0.1) is 0 Å². The van der Waals surface area contributed by atoms with E-state index in [1.54, 1.807) is 6.07 Å². The molecule has 0 aliphatic rings. The summed E-state index contributed by atoms with van der Waals surface area (Å²) in [5.74, 6) is 0.335. The minimum Gasteiger partial charge on any atom is -0.331 e. The summed E-state index contributed by atoms with van der Waals surface area (Å²) in [5.41, 5.74) is 5.48. The van der Waals surface area contributed by atoms with Crippen LogP contribution in [0.3, 0.4) is 0 Å².